The molecule has 0 bridgehead atoms. The quantitative estimate of drug-likeness (QED) is 0.486. The lowest BCUT2D eigenvalue weighted by atomic mass is 10.0. The predicted molar refractivity (Wildman–Crippen MR) is 105 cm³/mol. The van der Waals surface area contributed by atoms with Crippen LogP contribution in [0.2, 0.25) is 0 Å². The van der Waals surface area contributed by atoms with E-state index in [0.29, 0.717) is 11.1 Å². The Balaban J connectivity index is 1.87. The van der Waals surface area contributed by atoms with Crippen LogP contribution in [0.1, 0.15) is 17.2 Å². The molecule has 9 heteroatoms. The molecule has 8 nitrogen and oxygen atoms in total. The van der Waals surface area contributed by atoms with E-state index in [1.807, 2.05) is 0 Å². The van der Waals surface area contributed by atoms with Gasteiger partial charge in [-0.2, -0.15) is 0 Å². The van der Waals surface area contributed by atoms with Gasteiger partial charge >= 0.3 is 6.09 Å². The summed E-state index contributed by atoms with van der Waals surface area (Å²) in [6, 6.07) is 22.3. The van der Waals surface area contributed by atoms with E-state index in [0.717, 1.165) is 12.1 Å². The Morgan fingerprint density at radius 1 is 0.862 bits per heavy atom. The summed E-state index contributed by atoms with van der Waals surface area (Å²) in [7, 11) is -4.51. The number of nitrogens with zero attached hydrogens (tertiary/aromatic N) is 1. The van der Waals surface area contributed by atoms with Gasteiger partial charge in [-0.25, -0.2) is 17.9 Å². The van der Waals surface area contributed by atoms with Crippen LogP contribution < -0.4 is 4.72 Å². The number of hydrogen-bond donors (Lipinski definition) is 1. The topological polar surface area (TPSA) is 116 Å². The zero-order valence-electron chi connectivity index (χ0n) is 15.0. The van der Waals surface area contributed by atoms with Crippen molar-refractivity contribution in [2.45, 2.75) is 11.0 Å². The molecule has 0 atom stereocenters. The minimum Gasteiger partial charge on any atom is -0.436 e. The van der Waals surface area contributed by atoms with E-state index >= 15 is 0 Å². The van der Waals surface area contributed by atoms with Crippen molar-refractivity contribution in [3.05, 3.63) is 106 Å². The van der Waals surface area contributed by atoms with Crippen LogP contribution in [0.3, 0.4) is 0 Å². The lowest BCUT2D eigenvalue weighted by Crippen LogP contribution is -2.32. The molecule has 148 valence electrons. The van der Waals surface area contributed by atoms with Gasteiger partial charge in [-0.3, -0.25) is 10.1 Å². The van der Waals surface area contributed by atoms with Crippen LogP contribution in [0.5, 0.6) is 0 Å². The highest BCUT2D eigenvalue weighted by Gasteiger charge is 2.29. The second-order valence-corrected chi connectivity index (χ2v) is 7.59. The fraction of sp³-hybridized carbons (Fsp3) is 0.0500. The van der Waals surface area contributed by atoms with Crippen molar-refractivity contribution in [3.63, 3.8) is 0 Å². The Morgan fingerprint density at radius 2 is 1.34 bits per heavy atom. The number of carbonyl (C=O) groups excluding carboxylic acids is 1. The predicted octanol–water partition coefficient (Wildman–Crippen LogP) is 3.80. The number of amides is 1. The minimum absolute atomic E-state index is 0.627. The number of sulfonamides is 1. The molecule has 0 unspecified atom stereocenters. The molecule has 0 spiro atoms. The molecule has 3 aromatic rings. The summed E-state index contributed by atoms with van der Waals surface area (Å²) in [5.74, 6) is 0. The molecule has 3 rings (SSSR count). The second-order valence-electron chi connectivity index (χ2n) is 5.94. The largest absolute Gasteiger partial charge is 0.436 e. The average Bonchev–Trinajstić information content (AvgIpc) is 2.73. The first-order chi connectivity index (χ1) is 13.9. The van der Waals surface area contributed by atoms with Crippen molar-refractivity contribution in [2.75, 3.05) is 0 Å². The molecule has 0 aliphatic carbocycles. The molecule has 1 amide bonds. The number of rotatable bonds is 6. The van der Waals surface area contributed by atoms with Crippen molar-refractivity contribution < 1.29 is 22.9 Å². The summed E-state index contributed by atoms with van der Waals surface area (Å²) < 4.78 is 32.1. The van der Waals surface area contributed by atoms with Gasteiger partial charge < -0.3 is 4.74 Å². The number of ether oxygens (including phenoxy) is 1. The molecule has 0 heterocycles. The normalized spacial score (nSPS) is 11.1. The summed E-state index contributed by atoms with van der Waals surface area (Å²) in [5.41, 5.74) is 0.629. The van der Waals surface area contributed by atoms with Crippen molar-refractivity contribution in [1.29, 1.82) is 0 Å². The highest BCUT2D eigenvalue weighted by molar-refractivity contribution is 7.90. The van der Waals surface area contributed by atoms with Crippen LogP contribution in [0, 0.1) is 10.1 Å². The lowest BCUT2D eigenvalue weighted by molar-refractivity contribution is -0.387. The van der Waals surface area contributed by atoms with Crippen LogP contribution in [0.25, 0.3) is 0 Å². The van der Waals surface area contributed by atoms with Gasteiger partial charge in [-0.15, -0.1) is 0 Å². The average molecular weight is 412 g/mol. The number of benzene rings is 3. The van der Waals surface area contributed by atoms with Gasteiger partial charge in [0.05, 0.1) is 4.92 Å². The van der Waals surface area contributed by atoms with Gasteiger partial charge in [0, 0.05) is 6.07 Å². The molecule has 0 aliphatic rings. The van der Waals surface area contributed by atoms with E-state index in [2.05, 4.69) is 0 Å². The summed E-state index contributed by atoms with van der Waals surface area (Å²) in [6.45, 7) is 0. The maximum Gasteiger partial charge on any atom is 0.422 e. The van der Waals surface area contributed by atoms with E-state index in [1.165, 1.54) is 12.1 Å². The van der Waals surface area contributed by atoms with Crippen molar-refractivity contribution >= 4 is 21.8 Å². The Labute approximate surface area is 167 Å². The molecule has 0 aliphatic heterocycles. The monoisotopic (exact) mass is 412 g/mol. The summed E-state index contributed by atoms with van der Waals surface area (Å²) in [6.07, 6.45) is -2.11. The first-order valence-electron chi connectivity index (χ1n) is 8.45. The van der Waals surface area contributed by atoms with E-state index in [1.54, 1.807) is 65.4 Å². The molecule has 0 radical (unpaired) electrons. The van der Waals surface area contributed by atoms with Crippen LogP contribution in [0.15, 0.2) is 89.8 Å². The van der Waals surface area contributed by atoms with E-state index < -0.39 is 37.7 Å². The number of carbonyl (C=O) groups is 1. The van der Waals surface area contributed by atoms with E-state index in [-0.39, 0.29) is 0 Å². The van der Waals surface area contributed by atoms with Gasteiger partial charge in [0.2, 0.25) is 0 Å². The summed E-state index contributed by atoms with van der Waals surface area (Å²) >= 11 is 0. The van der Waals surface area contributed by atoms with Crippen LogP contribution >= 0.6 is 0 Å². The van der Waals surface area contributed by atoms with Crippen LogP contribution in [0.4, 0.5) is 10.5 Å². The molecule has 0 saturated heterocycles. The second kappa shape index (κ2) is 8.53. The summed E-state index contributed by atoms with van der Waals surface area (Å²) in [5, 5.41) is 11.1. The number of nitro groups is 1. The Morgan fingerprint density at radius 3 is 1.86 bits per heavy atom. The van der Waals surface area contributed by atoms with Crippen LogP contribution in [-0.4, -0.2) is 19.4 Å². The standard InChI is InChI=1S/C20H16N2O6S/c23-20(21-29(26,27)18-14-8-7-13-17(18)22(24)25)28-19(15-9-3-1-4-10-15)16-11-5-2-6-12-16/h1-14,19H,(H,21,23). The smallest absolute Gasteiger partial charge is 0.422 e. The van der Waals surface area contributed by atoms with Crippen molar-refractivity contribution in [3.8, 4) is 0 Å². The first-order valence-corrected chi connectivity index (χ1v) is 9.93. The van der Waals surface area contributed by atoms with Crippen molar-refractivity contribution in [1.82, 2.24) is 4.72 Å². The SMILES string of the molecule is O=C(NS(=O)(=O)c1ccccc1[N+](=O)[O-])OC(c1ccccc1)c1ccccc1. The molecule has 0 aromatic heterocycles. The molecular formula is C20H16N2O6S. The Bertz CT molecular complexity index is 1080. The zero-order valence-corrected chi connectivity index (χ0v) is 15.8. The fourth-order valence-corrected chi connectivity index (χ4v) is 3.77. The fourth-order valence-electron chi connectivity index (χ4n) is 2.72. The third-order valence-corrected chi connectivity index (χ3v) is 5.36. The Hall–Kier alpha value is -3.72. The molecule has 29 heavy (non-hydrogen) atoms. The molecule has 1 N–H and O–H groups in total. The third-order valence-electron chi connectivity index (χ3n) is 4.00. The van der Waals surface area contributed by atoms with Crippen molar-refractivity contribution in [2.24, 2.45) is 0 Å². The molecule has 0 fully saturated rings. The van der Waals surface area contributed by atoms with E-state index in [4.69, 9.17) is 4.74 Å². The minimum atomic E-state index is -4.51. The van der Waals surface area contributed by atoms with E-state index in [9.17, 15) is 23.3 Å². The highest BCUT2D eigenvalue weighted by atomic mass is 32.2. The summed E-state index contributed by atoms with van der Waals surface area (Å²) in [4.78, 5) is 22.0. The first kappa shape index (κ1) is 20.0. The van der Waals surface area contributed by atoms with Gasteiger partial charge in [0.25, 0.3) is 15.7 Å². The lowest BCUT2D eigenvalue weighted by Gasteiger charge is -2.19. The van der Waals surface area contributed by atoms with Gasteiger partial charge in [-0.05, 0) is 17.2 Å². The zero-order chi connectivity index (χ0) is 20.9. The van der Waals surface area contributed by atoms with Gasteiger partial charge in [0.1, 0.15) is 0 Å². The van der Waals surface area contributed by atoms with Gasteiger partial charge in [0.15, 0.2) is 11.0 Å². The Kier molecular flexibility index (Phi) is 5.89. The number of nitro benzene ring substituents is 1. The molecule has 3 aromatic carbocycles. The molecular weight excluding hydrogens is 396 g/mol. The third kappa shape index (κ3) is 4.77. The maximum absolute atomic E-state index is 12.5. The number of nitrogens with one attached hydrogen (secondary N) is 1. The number of hydrogen-bond acceptors (Lipinski definition) is 6. The highest BCUT2D eigenvalue weighted by Crippen LogP contribution is 2.27. The molecule has 0 saturated carbocycles. The maximum atomic E-state index is 12.5. The number of para-hydroxylation sites is 1. The van der Waals surface area contributed by atoms with Crippen LogP contribution in [-0.2, 0) is 14.8 Å². The van der Waals surface area contributed by atoms with Gasteiger partial charge in [-0.1, -0.05) is 72.8 Å².